The van der Waals surface area contributed by atoms with E-state index in [-0.39, 0.29) is 0 Å². The lowest BCUT2D eigenvalue weighted by molar-refractivity contribution is 0.724. The van der Waals surface area contributed by atoms with E-state index in [2.05, 4.69) is 52.4 Å². The largest absolute Gasteiger partial charge is 0.354 e. The fraction of sp³-hybridized carbons (Fsp3) is 0.412. The van der Waals surface area contributed by atoms with Crippen molar-refractivity contribution >= 4 is 5.82 Å². The number of hydrogen-bond acceptors (Lipinski definition) is 4. The Morgan fingerprint density at radius 3 is 2.62 bits per heavy atom. The number of aryl methyl sites for hydroxylation is 2. The van der Waals surface area contributed by atoms with Crippen molar-refractivity contribution in [1.82, 2.24) is 15.3 Å². The van der Waals surface area contributed by atoms with Crippen LogP contribution in [0.25, 0.3) is 0 Å². The molecule has 0 aliphatic heterocycles. The molecule has 21 heavy (non-hydrogen) atoms. The van der Waals surface area contributed by atoms with Gasteiger partial charge in [-0.2, -0.15) is 0 Å². The van der Waals surface area contributed by atoms with Gasteiger partial charge in [0.15, 0.2) is 0 Å². The van der Waals surface area contributed by atoms with Crippen molar-refractivity contribution in [3.05, 3.63) is 53.0 Å². The molecule has 4 nitrogen and oxygen atoms in total. The summed E-state index contributed by atoms with van der Waals surface area (Å²) in [4.78, 5) is 11.3. The van der Waals surface area contributed by atoms with Crippen LogP contribution in [0, 0.1) is 13.8 Å². The topological polar surface area (TPSA) is 41.1 Å². The fourth-order valence-corrected chi connectivity index (χ4v) is 2.30. The third kappa shape index (κ3) is 4.53. The van der Waals surface area contributed by atoms with Crippen LogP contribution in [0.3, 0.4) is 0 Å². The second-order valence-electron chi connectivity index (χ2n) is 5.38. The molecule has 0 bridgehead atoms. The maximum absolute atomic E-state index is 4.63. The second-order valence-corrected chi connectivity index (χ2v) is 5.38. The molecule has 0 radical (unpaired) electrons. The van der Waals surface area contributed by atoms with Gasteiger partial charge in [0.2, 0.25) is 0 Å². The zero-order chi connectivity index (χ0) is 15.2. The number of pyridine rings is 2. The molecule has 0 aromatic carbocycles. The predicted octanol–water partition coefficient (Wildman–Crippen LogP) is 2.84. The summed E-state index contributed by atoms with van der Waals surface area (Å²) in [6.45, 7) is 8.78. The summed E-state index contributed by atoms with van der Waals surface area (Å²) in [7, 11) is 2.06. The fourth-order valence-electron chi connectivity index (χ4n) is 2.30. The molecule has 2 rings (SSSR count). The van der Waals surface area contributed by atoms with E-state index in [1.165, 1.54) is 5.56 Å². The number of rotatable bonds is 6. The normalized spacial score (nSPS) is 10.7. The molecule has 2 aromatic heterocycles. The van der Waals surface area contributed by atoms with Gasteiger partial charge in [-0.05, 0) is 50.2 Å². The summed E-state index contributed by atoms with van der Waals surface area (Å²) in [6, 6.07) is 10.4. The van der Waals surface area contributed by atoms with E-state index >= 15 is 0 Å². The van der Waals surface area contributed by atoms with Crippen molar-refractivity contribution in [3.8, 4) is 0 Å². The molecule has 0 saturated heterocycles. The lowest BCUT2D eigenvalue weighted by Crippen LogP contribution is -2.20. The smallest absolute Gasteiger partial charge is 0.129 e. The van der Waals surface area contributed by atoms with Gasteiger partial charge in [-0.15, -0.1) is 0 Å². The molecule has 2 heterocycles. The van der Waals surface area contributed by atoms with Crippen LogP contribution in [0.1, 0.15) is 29.6 Å². The van der Waals surface area contributed by atoms with Crippen LogP contribution in [0.2, 0.25) is 0 Å². The van der Waals surface area contributed by atoms with E-state index in [1.54, 1.807) is 0 Å². The standard InChI is InChI=1S/C17H24N4/c1-5-18-11-15-9-14(3)20-17(10-15)21(4)12-16-8-6-7-13(2)19-16/h6-10,18H,5,11-12H2,1-4H3. The van der Waals surface area contributed by atoms with Gasteiger partial charge in [-0.3, -0.25) is 4.98 Å². The van der Waals surface area contributed by atoms with Crippen molar-refractivity contribution in [2.75, 3.05) is 18.5 Å². The van der Waals surface area contributed by atoms with Gasteiger partial charge < -0.3 is 10.2 Å². The Hall–Kier alpha value is -1.94. The molecule has 0 aliphatic carbocycles. The van der Waals surface area contributed by atoms with Crippen molar-refractivity contribution in [3.63, 3.8) is 0 Å². The number of anilines is 1. The first-order valence-electron chi connectivity index (χ1n) is 7.40. The Morgan fingerprint density at radius 2 is 1.90 bits per heavy atom. The number of nitrogens with zero attached hydrogens (tertiary/aromatic N) is 3. The van der Waals surface area contributed by atoms with E-state index in [9.17, 15) is 0 Å². The average Bonchev–Trinajstić information content (AvgIpc) is 2.44. The minimum atomic E-state index is 0.763. The van der Waals surface area contributed by atoms with Gasteiger partial charge in [0.1, 0.15) is 5.82 Å². The molecule has 0 saturated carbocycles. The minimum Gasteiger partial charge on any atom is -0.354 e. The quantitative estimate of drug-likeness (QED) is 0.885. The van der Waals surface area contributed by atoms with Gasteiger partial charge in [0, 0.05) is 25.0 Å². The average molecular weight is 284 g/mol. The molecule has 0 amide bonds. The van der Waals surface area contributed by atoms with Crippen LogP contribution >= 0.6 is 0 Å². The Balaban J connectivity index is 2.14. The molecule has 0 aliphatic rings. The van der Waals surface area contributed by atoms with Gasteiger partial charge in [0.05, 0.1) is 12.2 Å². The maximum atomic E-state index is 4.63. The van der Waals surface area contributed by atoms with Crippen LogP contribution in [-0.2, 0) is 13.1 Å². The highest BCUT2D eigenvalue weighted by molar-refractivity contribution is 5.42. The third-order valence-corrected chi connectivity index (χ3v) is 3.32. The third-order valence-electron chi connectivity index (χ3n) is 3.32. The van der Waals surface area contributed by atoms with Crippen LogP contribution in [-0.4, -0.2) is 23.6 Å². The summed E-state index contributed by atoms with van der Waals surface area (Å²) in [6.07, 6.45) is 0. The zero-order valence-corrected chi connectivity index (χ0v) is 13.3. The van der Waals surface area contributed by atoms with Gasteiger partial charge in [0.25, 0.3) is 0 Å². The molecule has 0 fully saturated rings. The van der Waals surface area contributed by atoms with E-state index < -0.39 is 0 Å². The molecule has 4 heteroatoms. The Kier molecular flexibility index (Phi) is 5.28. The minimum absolute atomic E-state index is 0.763. The van der Waals surface area contributed by atoms with E-state index in [0.717, 1.165) is 42.5 Å². The lowest BCUT2D eigenvalue weighted by atomic mass is 10.2. The summed E-state index contributed by atoms with van der Waals surface area (Å²) in [5, 5.41) is 3.36. The predicted molar refractivity (Wildman–Crippen MR) is 87.4 cm³/mol. The molecule has 0 spiro atoms. The van der Waals surface area contributed by atoms with Gasteiger partial charge >= 0.3 is 0 Å². The first-order valence-corrected chi connectivity index (χ1v) is 7.40. The SMILES string of the molecule is CCNCc1cc(C)nc(N(C)Cc2cccc(C)n2)c1. The molecular weight excluding hydrogens is 260 g/mol. The van der Waals surface area contributed by atoms with Gasteiger partial charge in [-0.25, -0.2) is 4.98 Å². The first kappa shape index (κ1) is 15.4. The maximum Gasteiger partial charge on any atom is 0.129 e. The first-order chi connectivity index (χ1) is 10.1. The summed E-state index contributed by atoms with van der Waals surface area (Å²) in [5.74, 6) is 0.992. The highest BCUT2D eigenvalue weighted by atomic mass is 15.2. The monoisotopic (exact) mass is 284 g/mol. The van der Waals surface area contributed by atoms with Crippen molar-refractivity contribution < 1.29 is 0 Å². The molecule has 0 atom stereocenters. The molecule has 1 N–H and O–H groups in total. The van der Waals surface area contributed by atoms with E-state index in [1.807, 2.05) is 26.0 Å². The van der Waals surface area contributed by atoms with Crippen LogP contribution in [0.15, 0.2) is 30.3 Å². The van der Waals surface area contributed by atoms with Crippen LogP contribution in [0.4, 0.5) is 5.82 Å². The highest BCUT2D eigenvalue weighted by Gasteiger charge is 2.07. The molecule has 112 valence electrons. The van der Waals surface area contributed by atoms with E-state index in [0.29, 0.717) is 0 Å². The Morgan fingerprint density at radius 1 is 1.10 bits per heavy atom. The van der Waals surface area contributed by atoms with Gasteiger partial charge in [-0.1, -0.05) is 13.0 Å². The summed E-state index contributed by atoms with van der Waals surface area (Å²) >= 11 is 0. The highest BCUT2D eigenvalue weighted by Crippen LogP contribution is 2.16. The number of nitrogens with one attached hydrogen (secondary N) is 1. The molecule has 0 unspecified atom stereocenters. The number of hydrogen-bond donors (Lipinski definition) is 1. The Labute approximate surface area is 127 Å². The van der Waals surface area contributed by atoms with Crippen LogP contribution in [0.5, 0.6) is 0 Å². The molecule has 2 aromatic rings. The lowest BCUT2D eigenvalue weighted by Gasteiger charge is -2.19. The summed E-state index contributed by atoms with van der Waals surface area (Å²) < 4.78 is 0. The Bertz CT molecular complexity index is 595. The van der Waals surface area contributed by atoms with Crippen LogP contribution < -0.4 is 10.2 Å². The van der Waals surface area contributed by atoms with Crippen molar-refractivity contribution in [2.24, 2.45) is 0 Å². The van der Waals surface area contributed by atoms with Crippen molar-refractivity contribution in [2.45, 2.75) is 33.9 Å². The second kappa shape index (κ2) is 7.18. The van der Waals surface area contributed by atoms with E-state index in [4.69, 9.17) is 0 Å². The van der Waals surface area contributed by atoms with Crippen molar-refractivity contribution in [1.29, 1.82) is 0 Å². The zero-order valence-electron chi connectivity index (χ0n) is 13.3. The number of aromatic nitrogens is 2. The molecular formula is C17H24N4. The summed E-state index contributed by atoms with van der Waals surface area (Å²) in [5.41, 5.74) is 4.42.